The highest BCUT2D eigenvalue weighted by Gasteiger charge is 2.05. The number of ether oxygens (including phenoxy) is 1. The van der Waals surface area contributed by atoms with E-state index < -0.39 is 0 Å². The Kier molecular flexibility index (Phi) is 8.33. The number of amides is 1. The summed E-state index contributed by atoms with van der Waals surface area (Å²) in [6, 6.07) is 13.8. The van der Waals surface area contributed by atoms with Gasteiger partial charge in [-0.15, -0.1) is 12.4 Å². The van der Waals surface area contributed by atoms with Gasteiger partial charge in [0.05, 0.1) is 0 Å². The number of benzene rings is 2. The van der Waals surface area contributed by atoms with Crippen molar-refractivity contribution in [3.63, 3.8) is 0 Å². The summed E-state index contributed by atoms with van der Waals surface area (Å²) in [6.07, 6.45) is 1.10. The van der Waals surface area contributed by atoms with Gasteiger partial charge in [0.2, 0.25) is 0 Å². The zero-order valence-electron chi connectivity index (χ0n) is 12.8. The number of carbonyl (C=O) groups excluding carboxylic acids is 1. The summed E-state index contributed by atoms with van der Waals surface area (Å²) in [5, 5.41) is 8.20. The maximum atomic E-state index is 11.7. The van der Waals surface area contributed by atoms with Crippen LogP contribution in [0.25, 0.3) is 10.8 Å². The van der Waals surface area contributed by atoms with Crippen molar-refractivity contribution < 1.29 is 9.53 Å². The van der Waals surface area contributed by atoms with E-state index in [0.29, 0.717) is 6.54 Å². The van der Waals surface area contributed by atoms with Crippen molar-refractivity contribution in [2.75, 3.05) is 26.2 Å². The van der Waals surface area contributed by atoms with Crippen molar-refractivity contribution in [2.24, 2.45) is 0 Å². The minimum absolute atomic E-state index is 0. The molecule has 2 N–H and O–H groups in total. The molecule has 0 saturated carbocycles. The fraction of sp³-hybridized carbons (Fsp3) is 0.353. The lowest BCUT2D eigenvalue weighted by Crippen LogP contribution is -2.35. The molecule has 0 bridgehead atoms. The van der Waals surface area contributed by atoms with Gasteiger partial charge in [-0.05, 0) is 24.4 Å². The molecule has 1 amide bonds. The van der Waals surface area contributed by atoms with E-state index in [2.05, 4.69) is 17.6 Å². The first-order chi connectivity index (χ1) is 10.3. The molecule has 2 aromatic rings. The normalized spacial score (nSPS) is 10.0. The maximum absolute atomic E-state index is 11.7. The SMILES string of the molecule is CCCNCCNC(=O)COc1cccc2ccccc12.Cl. The predicted molar refractivity (Wildman–Crippen MR) is 92.9 cm³/mol. The number of halogens is 1. The van der Waals surface area contributed by atoms with Crippen LogP contribution in [0, 0.1) is 0 Å². The van der Waals surface area contributed by atoms with Gasteiger partial charge in [0.1, 0.15) is 5.75 Å². The minimum atomic E-state index is -0.0961. The van der Waals surface area contributed by atoms with Crippen molar-refractivity contribution in [3.05, 3.63) is 42.5 Å². The van der Waals surface area contributed by atoms with Crippen LogP contribution >= 0.6 is 12.4 Å². The van der Waals surface area contributed by atoms with E-state index in [4.69, 9.17) is 4.74 Å². The number of nitrogens with one attached hydrogen (secondary N) is 2. The minimum Gasteiger partial charge on any atom is -0.483 e. The number of fused-ring (bicyclic) bond motifs is 1. The molecule has 0 radical (unpaired) electrons. The van der Waals surface area contributed by atoms with Gasteiger partial charge >= 0.3 is 0 Å². The highest BCUT2D eigenvalue weighted by Crippen LogP contribution is 2.24. The topological polar surface area (TPSA) is 50.4 Å². The largest absolute Gasteiger partial charge is 0.483 e. The highest BCUT2D eigenvalue weighted by atomic mass is 35.5. The zero-order chi connectivity index (χ0) is 14.9. The summed E-state index contributed by atoms with van der Waals surface area (Å²) in [7, 11) is 0. The zero-order valence-corrected chi connectivity index (χ0v) is 13.6. The molecule has 5 heteroatoms. The Hall–Kier alpha value is -1.78. The van der Waals surface area contributed by atoms with Crippen molar-refractivity contribution in [1.82, 2.24) is 10.6 Å². The molecule has 22 heavy (non-hydrogen) atoms. The second kappa shape index (κ2) is 10.0. The third-order valence-corrected chi connectivity index (χ3v) is 3.16. The molecule has 0 fully saturated rings. The van der Waals surface area contributed by atoms with E-state index in [1.807, 2.05) is 42.5 Å². The summed E-state index contributed by atoms with van der Waals surface area (Å²) in [6.45, 7) is 4.54. The van der Waals surface area contributed by atoms with E-state index in [9.17, 15) is 4.79 Å². The molecule has 0 aliphatic heterocycles. The van der Waals surface area contributed by atoms with Crippen molar-refractivity contribution in [2.45, 2.75) is 13.3 Å². The van der Waals surface area contributed by atoms with E-state index in [0.717, 1.165) is 36.0 Å². The molecule has 4 nitrogen and oxygen atoms in total. The maximum Gasteiger partial charge on any atom is 0.257 e. The molecule has 0 atom stereocenters. The predicted octanol–water partition coefficient (Wildman–Crippen LogP) is 2.76. The summed E-state index contributed by atoms with van der Waals surface area (Å²) in [5.74, 6) is 0.647. The summed E-state index contributed by atoms with van der Waals surface area (Å²) < 4.78 is 5.63. The average Bonchev–Trinajstić information content (AvgIpc) is 2.52. The Morgan fingerprint density at radius 2 is 1.82 bits per heavy atom. The fourth-order valence-electron chi connectivity index (χ4n) is 2.11. The van der Waals surface area contributed by atoms with Crippen LogP contribution in [0.5, 0.6) is 5.75 Å². The van der Waals surface area contributed by atoms with Crippen molar-refractivity contribution in [1.29, 1.82) is 0 Å². The molecule has 2 rings (SSSR count). The number of hydrogen-bond donors (Lipinski definition) is 2. The van der Waals surface area contributed by atoms with Gasteiger partial charge < -0.3 is 15.4 Å². The first-order valence-electron chi connectivity index (χ1n) is 7.39. The summed E-state index contributed by atoms with van der Waals surface area (Å²) >= 11 is 0. The molecule has 0 unspecified atom stereocenters. The molecule has 0 aliphatic rings. The molecule has 0 heterocycles. The van der Waals surface area contributed by atoms with Crippen LogP contribution in [0.1, 0.15) is 13.3 Å². The molecule has 0 saturated heterocycles. The molecule has 0 spiro atoms. The van der Waals surface area contributed by atoms with Gasteiger partial charge in [0.15, 0.2) is 6.61 Å². The second-order valence-electron chi connectivity index (χ2n) is 4.87. The second-order valence-corrected chi connectivity index (χ2v) is 4.87. The Balaban J connectivity index is 0.00000242. The fourth-order valence-corrected chi connectivity index (χ4v) is 2.11. The Bertz CT molecular complexity index is 584. The van der Waals surface area contributed by atoms with E-state index in [-0.39, 0.29) is 24.9 Å². The van der Waals surface area contributed by atoms with E-state index in [1.54, 1.807) is 0 Å². The van der Waals surface area contributed by atoms with E-state index in [1.165, 1.54) is 0 Å². The van der Waals surface area contributed by atoms with Gasteiger partial charge in [0.25, 0.3) is 5.91 Å². The third kappa shape index (κ3) is 5.54. The van der Waals surface area contributed by atoms with Crippen LogP contribution in [-0.2, 0) is 4.79 Å². The van der Waals surface area contributed by atoms with Crippen molar-refractivity contribution >= 4 is 29.1 Å². The molecular formula is C17H23ClN2O2. The highest BCUT2D eigenvalue weighted by molar-refractivity contribution is 5.88. The van der Waals surface area contributed by atoms with Crippen LogP contribution in [0.2, 0.25) is 0 Å². The number of hydrogen-bond acceptors (Lipinski definition) is 3. The third-order valence-electron chi connectivity index (χ3n) is 3.16. The van der Waals surface area contributed by atoms with Crippen LogP contribution in [0.3, 0.4) is 0 Å². The first-order valence-corrected chi connectivity index (χ1v) is 7.39. The Labute approximate surface area is 137 Å². The van der Waals surface area contributed by atoms with Crippen LogP contribution < -0.4 is 15.4 Å². The molecule has 2 aromatic carbocycles. The van der Waals surface area contributed by atoms with Crippen molar-refractivity contribution in [3.8, 4) is 5.75 Å². The Morgan fingerprint density at radius 3 is 2.64 bits per heavy atom. The van der Waals surface area contributed by atoms with Crippen LogP contribution in [-0.4, -0.2) is 32.1 Å². The van der Waals surface area contributed by atoms with Crippen LogP contribution in [0.15, 0.2) is 42.5 Å². The van der Waals surface area contributed by atoms with Gasteiger partial charge in [-0.2, -0.15) is 0 Å². The summed E-state index contributed by atoms with van der Waals surface area (Å²) in [4.78, 5) is 11.7. The first kappa shape index (κ1) is 18.3. The lowest BCUT2D eigenvalue weighted by Gasteiger charge is -2.10. The van der Waals surface area contributed by atoms with Gasteiger partial charge in [-0.1, -0.05) is 43.3 Å². The molecule has 0 aromatic heterocycles. The lowest BCUT2D eigenvalue weighted by molar-refractivity contribution is -0.123. The monoisotopic (exact) mass is 322 g/mol. The average molecular weight is 323 g/mol. The van der Waals surface area contributed by atoms with Gasteiger partial charge in [-0.3, -0.25) is 4.79 Å². The molecule has 120 valence electrons. The Morgan fingerprint density at radius 1 is 1.05 bits per heavy atom. The molecule has 0 aliphatic carbocycles. The molecular weight excluding hydrogens is 300 g/mol. The number of rotatable bonds is 8. The quantitative estimate of drug-likeness (QED) is 0.735. The smallest absolute Gasteiger partial charge is 0.257 e. The van der Waals surface area contributed by atoms with Crippen LogP contribution in [0.4, 0.5) is 0 Å². The number of carbonyl (C=O) groups is 1. The lowest BCUT2D eigenvalue weighted by atomic mass is 10.1. The van der Waals surface area contributed by atoms with E-state index >= 15 is 0 Å². The standard InChI is InChI=1S/C17H22N2O2.ClH/c1-2-10-18-11-12-19-17(20)13-21-16-9-5-7-14-6-3-4-8-15(14)16;/h3-9,18H,2,10-13H2,1H3,(H,19,20);1H. The summed E-state index contributed by atoms with van der Waals surface area (Å²) in [5.41, 5.74) is 0. The van der Waals surface area contributed by atoms with Gasteiger partial charge in [-0.25, -0.2) is 0 Å². The van der Waals surface area contributed by atoms with Gasteiger partial charge in [0, 0.05) is 18.5 Å².